The third-order valence-electron chi connectivity index (χ3n) is 6.44. The highest BCUT2D eigenvalue weighted by molar-refractivity contribution is 7.13. The van der Waals surface area contributed by atoms with Gasteiger partial charge in [0.1, 0.15) is 0 Å². The van der Waals surface area contributed by atoms with Crippen molar-refractivity contribution in [3.63, 3.8) is 0 Å². The normalized spacial score (nSPS) is 19.1. The Morgan fingerprint density at radius 3 is 2.53 bits per heavy atom. The first kappa shape index (κ1) is 24.7. The molecule has 3 aromatic rings. The van der Waals surface area contributed by atoms with E-state index in [4.69, 9.17) is 0 Å². The summed E-state index contributed by atoms with van der Waals surface area (Å²) in [7, 11) is 0. The molecule has 2 aromatic heterocycles. The third-order valence-corrected chi connectivity index (χ3v) is 8.38. The Bertz CT molecular complexity index is 1150. The number of thiazole rings is 1. The van der Waals surface area contributed by atoms with Gasteiger partial charge in [0.05, 0.1) is 39.8 Å². The van der Waals surface area contributed by atoms with Gasteiger partial charge in [0.15, 0.2) is 5.78 Å². The van der Waals surface area contributed by atoms with Crippen LogP contribution in [0.1, 0.15) is 54.4 Å². The Kier molecular flexibility index (Phi) is 7.60. The van der Waals surface area contributed by atoms with Gasteiger partial charge in [0, 0.05) is 24.3 Å². The van der Waals surface area contributed by atoms with E-state index < -0.39 is 12.1 Å². The summed E-state index contributed by atoms with van der Waals surface area (Å²) in [6.07, 6.45) is 0.583. The molecule has 0 aliphatic carbocycles. The number of carbonyl (C=O) groups is 2. The lowest BCUT2D eigenvalue weighted by Gasteiger charge is -2.29. The number of aromatic nitrogens is 2. The predicted octanol–water partition coefficient (Wildman–Crippen LogP) is 4.79. The number of nitrogens with zero attached hydrogens (tertiary/aromatic N) is 3. The zero-order valence-corrected chi connectivity index (χ0v) is 21.7. The molecule has 0 saturated carbocycles. The lowest BCUT2D eigenvalue weighted by molar-refractivity contribution is -0.139. The van der Waals surface area contributed by atoms with E-state index in [1.165, 1.54) is 11.5 Å². The van der Waals surface area contributed by atoms with Gasteiger partial charge in [-0.1, -0.05) is 38.1 Å². The Morgan fingerprint density at radius 2 is 1.94 bits per heavy atom. The molecule has 1 N–H and O–H groups in total. The number of hydrogen-bond donors (Lipinski definition) is 1. The Morgan fingerprint density at radius 1 is 1.21 bits per heavy atom. The highest BCUT2D eigenvalue weighted by atomic mass is 32.1. The van der Waals surface area contributed by atoms with Crippen LogP contribution in [0.2, 0.25) is 0 Å². The van der Waals surface area contributed by atoms with E-state index in [1.807, 2.05) is 39.3 Å². The number of aryl methyl sites for hydroxylation is 3. The zero-order valence-electron chi connectivity index (χ0n) is 20.0. The summed E-state index contributed by atoms with van der Waals surface area (Å²) in [5.74, 6) is -0.357. The second-order valence-corrected chi connectivity index (χ2v) is 11.1. The number of β-amino-alcohol motifs (C(OH)–C–C–N with tert-alkyl or cyclic N) is 1. The van der Waals surface area contributed by atoms with Crippen LogP contribution in [0.5, 0.6) is 0 Å². The third kappa shape index (κ3) is 5.29. The summed E-state index contributed by atoms with van der Waals surface area (Å²) >= 11 is 2.96. The molecule has 8 heteroatoms. The number of ketones is 1. The quantitative estimate of drug-likeness (QED) is 0.484. The number of amides is 1. The topological polar surface area (TPSA) is 83.4 Å². The molecule has 1 aromatic carbocycles. The molecule has 180 valence electrons. The van der Waals surface area contributed by atoms with Crippen molar-refractivity contribution in [3.8, 4) is 10.4 Å². The molecular weight excluding hydrogens is 466 g/mol. The van der Waals surface area contributed by atoms with Gasteiger partial charge in [-0.2, -0.15) is 4.37 Å². The first-order chi connectivity index (χ1) is 16.2. The summed E-state index contributed by atoms with van der Waals surface area (Å²) < 4.78 is 4.34. The van der Waals surface area contributed by atoms with Crippen LogP contribution < -0.4 is 0 Å². The van der Waals surface area contributed by atoms with Crippen LogP contribution in [0.4, 0.5) is 0 Å². The second-order valence-electron chi connectivity index (χ2n) is 9.42. The van der Waals surface area contributed by atoms with E-state index >= 15 is 0 Å². The average molecular weight is 498 g/mol. The molecule has 1 saturated heterocycles. The predicted molar refractivity (Wildman–Crippen MR) is 136 cm³/mol. The molecule has 34 heavy (non-hydrogen) atoms. The fraction of sp³-hybridized carbons (Fsp3) is 0.462. The van der Waals surface area contributed by atoms with E-state index in [-0.39, 0.29) is 30.1 Å². The first-order valence-electron chi connectivity index (χ1n) is 11.7. The molecule has 4 rings (SSSR count). The van der Waals surface area contributed by atoms with Crippen LogP contribution in [-0.2, 0) is 16.0 Å². The molecular formula is C26H31N3O3S2. The van der Waals surface area contributed by atoms with Crippen LogP contribution in [0, 0.1) is 19.8 Å². The van der Waals surface area contributed by atoms with Gasteiger partial charge in [-0.05, 0) is 54.9 Å². The number of benzene rings is 1. The van der Waals surface area contributed by atoms with E-state index in [0.717, 1.165) is 32.3 Å². The van der Waals surface area contributed by atoms with Gasteiger partial charge in [-0.25, -0.2) is 4.98 Å². The van der Waals surface area contributed by atoms with Crippen molar-refractivity contribution in [1.82, 2.24) is 14.3 Å². The standard InChI is InChI=1S/C26H31N3O3S2/c1-15(2)24(23-11-16(3)28-34-23)26(32)29-13-20(30)12-21(29)22(31)10-7-18-5-8-19(9-6-18)25-17(4)27-14-33-25/h5-6,8-9,11,14-15,20-21,24,30H,7,10,12-13H2,1-4H3/t20-,21+,24-/m1/s1. The SMILES string of the molecule is Cc1cc([C@H](C(=O)N2C[C@H](O)C[C@H]2C(=O)CCc2ccc(-c3scnc3C)cc2)C(C)C)sn1. The van der Waals surface area contributed by atoms with Crippen molar-refractivity contribution in [3.05, 3.63) is 57.7 Å². The van der Waals surface area contributed by atoms with Gasteiger partial charge >= 0.3 is 0 Å². The molecule has 0 unspecified atom stereocenters. The number of Topliss-reactive ketones (excluding diaryl/α,β-unsaturated/α-hetero) is 1. The summed E-state index contributed by atoms with van der Waals surface area (Å²) in [5.41, 5.74) is 5.97. The monoisotopic (exact) mass is 497 g/mol. The van der Waals surface area contributed by atoms with Gasteiger partial charge < -0.3 is 10.0 Å². The summed E-state index contributed by atoms with van der Waals surface area (Å²) in [5, 5.41) is 10.3. The lowest BCUT2D eigenvalue weighted by Crippen LogP contribution is -2.44. The molecule has 3 heterocycles. The van der Waals surface area contributed by atoms with Crippen LogP contribution in [0.3, 0.4) is 0 Å². The molecule has 1 fully saturated rings. The largest absolute Gasteiger partial charge is 0.391 e. The fourth-order valence-electron chi connectivity index (χ4n) is 4.64. The van der Waals surface area contributed by atoms with E-state index in [0.29, 0.717) is 19.3 Å². The maximum atomic E-state index is 13.5. The molecule has 3 atom stereocenters. The zero-order chi connectivity index (χ0) is 24.4. The van der Waals surface area contributed by atoms with E-state index in [9.17, 15) is 14.7 Å². The van der Waals surface area contributed by atoms with Crippen molar-refractivity contribution in [2.75, 3.05) is 6.54 Å². The maximum Gasteiger partial charge on any atom is 0.231 e. The summed E-state index contributed by atoms with van der Waals surface area (Å²) in [6, 6.07) is 9.62. The number of aliphatic hydroxyl groups excluding tert-OH is 1. The van der Waals surface area contributed by atoms with Crippen LogP contribution in [0.25, 0.3) is 10.4 Å². The van der Waals surface area contributed by atoms with Crippen molar-refractivity contribution in [1.29, 1.82) is 0 Å². The first-order valence-corrected chi connectivity index (χ1v) is 13.3. The minimum Gasteiger partial charge on any atom is -0.391 e. The fourth-order valence-corrected chi connectivity index (χ4v) is 6.47. The van der Waals surface area contributed by atoms with Crippen molar-refractivity contribution in [2.45, 2.75) is 65.0 Å². The maximum absolute atomic E-state index is 13.5. The minimum atomic E-state index is -0.671. The average Bonchev–Trinajstić information content (AvgIpc) is 3.52. The number of hydrogen-bond acceptors (Lipinski definition) is 7. The number of aliphatic hydroxyl groups is 1. The summed E-state index contributed by atoms with van der Waals surface area (Å²) in [4.78, 5) is 34.7. The smallest absolute Gasteiger partial charge is 0.231 e. The number of carbonyl (C=O) groups excluding carboxylic acids is 2. The van der Waals surface area contributed by atoms with Crippen LogP contribution in [-0.4, -0.2) is 49.7 Å². The van der Waals surface area contributed by atoms with Crippen molar-refractivity contribution >= 4 is 34.6 Å². The second kappa shape index (κ2) is 10.5. The van der Waals surface area contributed by atoms with Crippen molar-refractivity contribution in [2.24, 2.45) is 5.92 Å². The lowest BCUT2D eigenvalue weighted by atomic mass is 9.91. The number of rotatable bonds is 8. The highest BCUT2D eigenvalue weighted by Crippen LogP contribution is 2.33. The Labute approximate surface area is 208 Å². The van der Waals surface area contributed by atoms with Gasteiger partial charge in [-0.3, -0.25) is 9.59 Å². The van der Waals surface area contributed by atoms with Gasteiger partial charge in [0.2, 0.25) is 5.91 Å². The molecule has 0 radical (unpaired) electrons. The Balaban J connectivity index is 1.43. The molecule has 0 bridgehead atoms. The van der Waals surface area contributed by atoms with Gasteiger partial charge in [-0.15, -0.1) is 11.3 Å². The Hall–Kier alpha value is -2.42. The molecule has 6 nitrogen and oxygen atoms in total. The molecule has 1 aliphatic rings. The molecule has 1 amide bonds. The van der Waals surface area contributed by atoms with Gasteiger partial charge in [0.25, 0.3) is 0 Å². The van der Waals surface area contributed by atoms with E-state index in [2.05, 4.69) is 33.6 Å². The number of likely N-dealkylation sites (tertiary alicyclic amines) is 1. The minimum absolute atomic E-state index is 0.00951. The van der Waals surface area contributed by atoms with Crippen molar-refractivity contribution < 1.29 is 14.7 Å². The van der Waals surface area contributed by atoms with Crippen LogP contribution >= 0.6 is 22.9 Å². The molecule has 0 spiro atoms. The molecule has 1 aliphatic heterocycles. The van der Waals surface area contributed by atoms with Crippen LogP contribution in [0.15, 0.2) is 35.8 Å². The van der Waals surface area contributed by atoms with E-state index in [1.54, 1.807) is 16.2 Å². The highest BCUT2D eigenvalue weighted by Gasteiger charge is 2.42. The summed E-state index contributed by atoms with van der Waals surface area (Å²) in [6.45, 7) is 8.15.